The molecule has 0 heterocycles. The molecule has 0 spiro atoms. The standard InChI is InChI=1S/C19H17NO6/c1-25-13-26-19(17(21)12-7-14-5-3-2-4-6-14)18(22)15-8-10-16(11-9-15)20(23)24/h2-6,8-11,18-19,22H,13H2,1H3/t18-,19+/m0/s1. The van der Waals surface area contributed by atoms with E-state index in [0.29, 0.717) is 11.1 Å². The summed E-state index contributed by atoms with van der Waals surface area (Å²) in [7, 11) is 1.38. The number of aliphatic hydroxyl groups is 1. The van der Waals surface area contributed by atoms with E-state index < -0.39 is 22.9 Å². The number of ether oxygens (including phenoxy) is 2. The van der Waals surface area contributed by atoms with E-state index in [4.69, 9.17) is 9.47 Å². The molecule has 7 heteroatoms. The van der Waals surface area contributed by atoms with Crippen molar-refractivity contribution in [3.05, 3.63) is 75.8 Å². The number of Topliss-reactive ketones (excluding diaryl/α,β-unsaturated/α-hetero) is 1. The molecular formula is C19H17NO6. The van der Waals surface area contributed by atoms with Gasteiger partial charge in [-0.25, -0.2) is 0 Å². The van der Waals surface area contributed by atoms with Crippen molar-refractivity contribution in [1.82, 2.24) is 0 Å². The predicted molar refractivity (Wildman–Crippen MR) is 93.1 cm³/mol. The van der Waals surface area contributed by atoms with E-state index in [1.807, 2.05) is 6.07 Å². The molecule has 0 aliphatic rings. The molecule has 1 N–H and O–H groups in total. The maximum absolute atomic E-state index is 12.4. The molecule has 0 bridgehead atoms. The van der Waals surface area contributed by atoms with Crippen molar-refractivity contribution in [2.45, 2.75) is 12.2 Å². The molecule has 2 aromatic carbocycles. The first-order valence-corrected chi connectivity index (χ1v) is 7.67. The van der Waals surface area contributed by atoms with Crippen LogP contribution in [-0.2, 0) is 14.3 Å². The second-order valence-corrected chi connectivity index (χ2v) is 5.27. The Balaban J connectivity index is 2.21. The van der Waals surface area contributed by atoms with Crippen molar-refractivity contribution in [3.8, 4) is 11.8 Å². The second-order valence-electron chi connectivity index (χ2n) is 5.27. The molecule has 0 aromatic heterocycles. The minimum absolute atomic E-state index is 0.120. The third-order valence-electron chi connectivity index (χ3n) is 3.46. The fourth-order valence-corrected chi connectivity index (χ4v) is 2.15. The summed E-state index contributed by atoms with van der Waals surface area (Å²) in [6, 6.07) is 14.1. The summed E-state index contributed by atoms with van der Waals surface area (Å²) < 4.78 is 10.1. The normalized spacial score (nSPS) is 12.5. The number of rotatable bonds is 7. The molecule has 0 saturated heterocycles. The summed E-state index contributed by atoms with van der Waals surface area (Å²) in [5.41, 5.74) is 0.827. The average Bonchev–Trinajstić information content (AvgIpc) is 2.67. The number of benzene rings is 2. The quantitative estimate of drug-likeness (QED) is 0.354. The highest BCUT2D eigenvalue weighted by Gasteiger charge is 2.28. The molecule has 2 aromatic rings. The lowest BCUT2D eigenvalue weighted by Crippen LogP contribution is -2.31. The summed E-state index contributed by atoms with van der Waals surface area (Å²) in [6.07, 6.45) is -2.63. The molecule has 134 valence electrons. The number of nitro groups is 1. The SMILES string of the molecule is COCO[C@H](C(=O)C#Cc1ccccc1)[C@@H](O)c1ccc([N+](=O)[O-])cc1. The summed E-state index contributed by atoms with van der Waals surface area (Å²) in [4.78, 5) is 22.6. The Bertz CT molecular complexity index is 807. The summed E-state index contributed by atoms with van der Waals surface area (Å²) >= 11 is 0. The number of hydrogen-bond donors (Lipinski definition) is 1. The molecule has 2 rings (SSSR count). The first-order valence-electron chi connectivity index (χ1n) is 7.67. The Morgan fingerprint density at radius 1 is 1.19 bits per heavy atom. The average molecular weight is 355 g/mol. The highest BCUT2D eigenvalue weighted by molar-refractivity contribution is 6.00. The number of aliphatic hydroxyl groups excluding tert-OH is 1. The van der Waals surface area contributed by atoms with Crippen LogP contribution in [0.4, 0.5) is 5.69 Å². The maximum atomic E-state index is 12.4. The van der Waals surface area contributed by atoms with Crippen molar-refractivity contribution in [3.63, 3.8) is 0 Å². The first kappa shape index (κ1) is 19.3. The zero-order chi connectivity index (χ0) is 18.9. The number of carbonyl (C=O) groups excluding carboxylic acids is 1. The van der Waals surface area contributed by atoms with Crippen LogP contribution in [0.5, 0.6) is 0 Å². The molecule has 0 aliphatic carbocycles. The smallest absolute Gasteiger partial charge is 0.269 e. The maximum Gasteiger partial charge on any atom is 0.269 e. The Hall–Kier alpha value is -3.05. The van der Waals surface area contributed by atoms with Crippen molar-refractivity contribution in [2.24, 2.45) is 0 Å². The molecule has 0 aliphatic heterocycles. The van der Waals surface area contributed by atoms with Crippen LogP contribution in [0.3, 0.4) is 0 Å². The van der Waals surface area contributed by atoms with Gasteiger partial charge in [0, 0.05) is 24.8 Å². The van der Waals surface area contributed by atoms with Crippen LogP contribution >= 0.6 is 0 Å². The Kier molecular flexibility index (Phi) is 7.00. The van der Waals surface area contributed by atoms with Gasteiger partial charge in [0.15, 0.2) is 6.10 Å². The van der Waals surface area contributed by atoms with Crippen LogP contribution in [0.1, 0.15) is 17.2 Å². The van der Waals surface area contributed by atoms with Crippen molar-refractivity contribution >= 4 is 11.5 Å². The second kappa shape index (κ2) is 9.44. The highest BCUT2D eigenvalue weighted by Crippen LogP contribution is 2.22. The lowest BCUT2D eigenvalue weighted by atomic mass is 10.0. The van der Waals surface area contributed by atoms with E-state index in [0.717, 1.165) is 0 Å². The number of nitrogens with zero attached hydrogens (tertiary/aromatic N) is 1. The molecular weight excluding hydrogens is 338 g/mol. The lowest BCUT2D eigenvalue weighted by molar-refractivity contribution is -0.384. The van der Waals surface area contributed by atoms with Crippen LogP contribution in [0.25, 0.3) is 0 Å². The molecule has 0 fully saturated rings. The van der Waals surface area contributed by atoms with Gasteiger partial charge in [0.25, 0.3) is 5.69 Å². The molecule has 0 radical (unpaired) electrons. The van der Waals surface area contributed by atoms with E-state index in [9.17, 15) is 20.0 Å². The fraction of sp³-hybridized carbons (Fsp3) is 0.211. The van der Waals surface area contributed by atoms with Crippen molar-refractivity contribution in [1.29, 1.82) is 0 Å². The molecule has 0 saturated carbocycles. The van der Waals surface area contributed by atoms with Gasteiger partial charge in [0.2, 0.25) is 5.78 Å². The van der Waals surface area contributed by atoms with Crippen LogP contribution in [0.2, 0.25) is 0 Å². The molecule has 0 amide bonds. The van der Waals surface area contributed by atoms with Gasteiger partial charge in [-0.15, -0.1) is 0 Å². The zero-order valence-electron chi connectivity index (χ0n) is 14.0. The van der Waals surface area contributed by atoms with Gasteiger partial charge in [-0.05, 0) is 35.7 Å². The van der Waals surface area contributed by atoms with Gasteiger partial charge in [-0.3, -0.25) is 14.9 Å². The van der Waals surface area contributed by atoms with Gasteiger partial charge < -0.3 is 14.6 Å². The van der Waals surface area contributed by atoms with E-state index >= 15 is 0 Å². The fourth-order valence-electron chi connectivity index (χ4n) is 2.15. The monoisotopic (exact) mass is 355 g/mol. The molecule has 7 nitrogen and oxygen atoms in total. The highest BCUT2D eigenvalue weighted by atomic mass is 16.7. The topological polar surface area (TPSA) is 98.9 Å². The van der Waals surface area contributed by atoms with Crippen LogP contribution < -0.4 is 0 Å². The van der Waals surface area contributed by atoms with Crippen molar-refractivity contribution < 1.29 is 24.3 Å². The lowest BCUT2D eigenvalue weighted by Gasteiger charge is -2.20. The minimum atomic E-state index is -1.34. The van der Waals surface area contributed by atoms with Crippen molar-refractivity contribution in [2.75, 3.05) is 13.9 Å². The van der Waals surface area contributed by atoms with Crippen LogP contribution in [0, 0.1) is 22.0 Å². The predicted octanol–water partition coefficient (Wildman–Crippen LogP) is 2.24. The third kappa shape index (κ3) is 5.22. The van der Waals surface area contributed by atoms with Gasteiger partial charge in [-0.1, -0.05) is 24.1 Å². The van der Waals surface area contributed by atoms with E-state index in [1.165, 1.54) is 31.4 Å². The van der Waals surface area contributed by atoms with E-state index in [2.05, 4.69) is 11.8 Å². The zero-order valence-corrected chi connectivity index (χ0v) is 14.0. The van der Waals surface area contributed by atoms with Crippen LogP contribution in [0.15, 0.2) is 54.6 Å². The largest absolute Gasteiger partial charge is 0.385 e. The summed E-state index contributed by atoms with van der Waals surface area (Å²) in [6.45, 7) is -0.215. The van der Waals surface area contributed by atoms with Gasteiger partial charge in [0.1, 0.15) is 12.9 Å². The third-order valence-corrected chi connectivity index (χ3v) is 3.46. The molecule has 0 unspecified atom stereocenters. The van der Waals surface area contributed by atoms with E-state index in [1.54, 1.807) is 24.3 Å². The number of non-ortho nitro benzene ring substituents is 1. The van der Waals surface area contributed by atoms with Gasteiger partial charge in [-0.2, -0.15) is 0 Å². The minimum Gasteiger partial charge on any atom is -0.385 e. The Morgan fingerprint density at radius 2 is 1.85 bits per heavy atom. The summed E-state index contributed by atoms with van der Waals surface area (Å²) in [5, 5.41) is 21.2. The number of hydrogen-bond acceptors (Lipinski definition) is 6. The summed E-state index contributed by atoms with van der Waals surface area (Å²) in [5.74, 6) is 4.53. The van der Waals surface area contributed by atoms with Crippen LogP contribution in [-0.4, -0.2) is 35.8 Å². The first-order chi connectivity index (χ1) is 12.5. The Morgan fingerprint density at radius 3 is 2.42 bits per heavy atom. The number of ketones is 1. The van der Waals surface area contributed by atoms with E-state index in [-0.39, 0.29) is 12.5 Å². The number of methoxy groups -OCH3 is 1. The molecule has 26 heavy (non-hydrogen) atoms. The number of carbonyl (C=O) groups is 1. The van der Waals surface area contributed by atoms with Gasteiger partial charge >= 0.3 is 0 Å². The Labute approximate surface area is 150 Å². The van der Waals surface area contributed by atoms with Gasteiger partial charge in [0.05, 0.1) is 4.92 Å². The number of nitro benzene ring substituents is 1. The molecule has 2 atom stereocenters.